The van der Waals surface area contributed by atoms with Crippen molar-refractivity contribution in [3.8, 4) is 0 Å². The van der Waals surface area contributed by atoms with Crippen LogP contribution in [0.1, 0.15) is 341 Å². The van der Waals surface area contributed by atoms with Gasteiger partial charge in [-0.2, -0.15) is 0 Å². The van der Waals surface area contributed by atoms with Crippen molar-refractivity contribution in [2.45, 2.75) is 353 Å². The molecule has 0 saturated heterocycles. The number of carbonyl (C=O) groups is 2. The molecule has 6 nitrogen and oxygen atoms in total. The maximum Gasteiger partial charge on any atom is 0.305 e. The van der Waals surface area contributed by atoms with Crippen molar-refractivity contribution in [1.29, 1.82) is 0 Å². The highest BCUT2D eigenvalue weighted by Crippen LogP contribution is 2.18. The molecule has 0 aliphatic rings. The van der Waals surface area contributed by atoms with E-state index in [1.54, 1.807) is 0 Å². The molecule has 1 amide bonds. The van der Waals surface area contributed by atoms with Crippen molar-refractivity contribution in [2.75, 3.05) is 13.2 Å². The Hall–Kier alpha value is -1.40. The predicted molar refractivity (Wildman–Crippen MR) is 292 cm³/mol. The minimum Gasteiger partial charge on any atom is -0.466 e. The Morgan fingerprint density at radius 1 is 0.403 bits per heavy atom. The average Bonchev–Trinajstić information content (AvgIpc) is 3.33. The van der Waals surface area contributed by atoms with Gasteiger partial charge >= 0.3 is 5.97 Å². The Bertz CT molecular complexity index is 1000. The van der Waals surface area contributed by atoms with Gasteiger partial charge in [-0.3, -0.25) is 9.59 Å². The molecule has 398 valence electrons. The van der Waals surface area contributed by atoms with Gasteiger partial charge in [0.1, 0.15) is 0 Å². The topological polar surface area (TPSA) is 95.9 Å². The Morgan fingerprint density at radius 2 is 0.701 bits per heavy atom. The molecule has 0 aliphatic heterocycles. The zero-order valence-corrected chi connectivity index (χ0v) is 45.4. The van der Waals surface area contributed by atoms with Crippen LogP contribution in [0.15, 0.2) is 12.2 Å². The number of aliphatic hydroxyl groups excluding tert-OH is 2. The van der Waals surface area contributed by atoms with E-state index < -0.39 is 12.1 Å². The van der Waals surface area contributed by atoms with E-state index in [0.29, 0.717) is 25.9 Å². The fraction of sp³-hybridized carbons (Fsp3) is 0.934. The lowest BCUT2D eigenvalue weighted by Crippen LogP contribution is -2.45. The molecule has 2 unspecified atom stereocenters. The van der Waals surface area contributed by atoms with Crippen LogP contribution in [0, 0.1) is 0 Å². The van der Waals surface area contributed by atoms with Gasteiger partial charge in [-0.05, 0) is 51.4 Å². The summed E-state index contributed by atoms with van der Waals surface area (Å²) in [6, 6.07) is -0.550. The summed E-state index contributed by atoms with van der Waals surface area (Å²) in [5.74, 6) is -0.0444. The molecule has 67 heavy (non-hydrogen) atoms. The second kappa shape index (κ2) is 57.2. The lowest BCUT2D eigenvalue weighted by molar-refractivity contribution is -0.143. The molecular formula is C61H119NO5. The van der Waals surface area contributed by atoms with Gasteiger partial charge in [0.25, 0.3) is 0 Å². The highest BCUT2D eigenvalue weighted by Gasteiger charge is 2.20. The second-order valence-corrected chi connectivity index (χ2v) is 21.0. The van der Waals surface area contributed by atoms with E-state index in [4.69, 9.17) is 4.74 Å². The number of hydrogen-bond donors (Lipinski definition) is 3. The maximum atomic E-state index is 12.5. The zero-order chi connectivity index (χ0) is 48.6. The number of esters is 1. The largest absolute Gasteiger partial charge is 0.466 e. The van der Waals surface area contributed by atoms with Crippen LogP contribution in [0.25, 0.3) is 0 Å². The molecule has 0 aromatic carbocycles. The third kappa shape index (κ3) is 53.8. The Kier molecular flexibility index (Phi) is 56.0. The molecule has 0 spiro atoms. The van der Waals surface area contributed by atoms with E-state index in [0.717, 1.165) is 51.4 Å². The molecule has 0 fully saturated rings. The minimum atomic E-state index is -0.672. The third-order valence-corrected chi connectivity index (χ3v) is 14.3. The quantitative estimate of drug-likeness (QED) is 0.0321. The monoisotopic (exact) mass is 946 g/mol. The molecule has 0 radical (unpaired) electrons. The van der Waals surface area contributed by atoms with E-state index >= 15 is 0 Å². The standard InChI is InChI=1S/C61H119NO5/c1-3-5-7-9-11-13-15-16-17-18-19-20-21-22-24-27-30-34-37-41-45-49-53-59(64)58(57-63)62-60(65)54-50-46-42-38-35-31-28-25-23-26-29-32-36-40-44-48-52-56-67-61(66)55-51-47-43-39-33-14-12-10-8-6-4-2/h23,26,58-59,63-64H,3-22,24-25,27-57H2,1-2H3,(H,62,65)/b26-23-. The molecule has 0 rings (SSSR count). The van der Waals surface area contributed by atoms with Gasteiger partial charge in [0.05, 0.1) is 25.4 Å². The lowest BCUT2D eigenvalue weighted by Gasteiger charge is -2.22. The third-order valence-electron chi connectivity index (χ3n) is 14.3. The first-order chi connectivity index (χ1) is 33.0. The number of carbonyl (C=O) groups excluding carboxylic acids is 2. The molecule has 0 aromatic heterocycles. The number of unbranched alkanes of at least 4 members (excludes halogenated alkanes) is 44. The van der Waals surface area contributed by atoms with Crippen molar-refractivity contribution in [2.24, 2.45) is 0 Å². The summed E-state index contributed by atoms with van der Waals surface area (Å²) in [7, 11) is 0. The van der Waals surface area contributed by atoms with Crippen LogP contribution in [-0.2, 0) is 14.3 Å². The number of ether oxygens (including phenoxy) is 1. The lowest BCUT2D eigenvalue weighted by atomic mass is 10.0. The van der Waals surface area contributed by atoms with Crippen LogP contribution < -0.4 is 5.32 Å². The van der Waals surface area contributed by atoms with Crippen LogP contribution >= 0.6 is 0 Å². The van der Waals surface area contributed by atoms with Gasteiger partial charge in [0.2, 0.25) is 5.91 Å². The van der Waals surface area contributed by atoms with Crippen LogP contribution in [0.2, 0.25) is 0 Å². The van der Waals surface area contributed by atoms with Crippen molar-refractivity contribution < 1.29 is 24.5 Å². The molecule has 2 atom stereocenters. The summed E-state index contributed by atoms with van der Waals surface area (Å²) < 4.78 is 5.45. The first kappa shape index (κ1) is 65.6. The number of rotatable bonds is 57. The van der Waals surface area contributed by atoms with Crippen LogP contribution in [0.5, 0.6) is 0 Å². The number of amides is 1. The molecule has 0 saturated carbocycles. The van der Waals surface area contributed by atoms with Crippen LogP contribution in [-0.4, -0.2) is 47.4 Å². The number of nitrogens with one attached hydrogen (secondary N) is 1. The first-order valence-electron chi connectivity index (χ1n) is 30.4. The molecule has 3 N–H and O–H groups in total. The highest BCUT2D eigenvalue weighted by atomic mass is 16.5. The normalized spacial score (nSPS) is 12.6. The van der Waals surface area contributed by atoms with Gasteiger partial charge in [-0.15, -0.1) is 0 Å². The molecule has 0 bridgehead atoms. The first-order valence-corrected chi connectivity index (χ1v) is 30.4. The van der Waals surface area contributed by atoms with Crippen molar-refractivity contribution in [3.63, 3.8) is 0 Å². The summed E-state index contributed by atoms with van der Waals surface area (Å²) in [5.41, 5.74) is 0. The van der Waals surface area contributed by atoms with Crippen molar-refractivity contribution in [3.05, 3.63) is 12.2 Å². The van der Waals surface area contributed by atoms with Gasteiger partial charge in [0.15, 0.2) is 0 Å². The van der Waals surface area contributed by atoms with E-state index in [9.17, 15) is 19.8 Å². The summed E-state index contributed by atoms with van der Waals surface area (Å²) >= 11 is 0. The number of hydrogen-bond acceptors (Lipinski definition) is 5. The molecule has 0 heterocycles. The summed E-state index contributed by atoms with van der Waals surface area (Å²) in [6.45, 7) is 4.95. The zero-order valence-electron chi connectivity index (χ0n) is 45.4. The molecule has 0 aromatic rings. The van der Waals surface area contributed by atoms with Crippen molar-refractivity contribution in [1.82, 2.24) is 5.32 Å². The fourth-order valence-corrected chi connectivity index (χ4v) is 9.64. The Labute approximate surface area is 419 Å². The van der Waals surface area contributed by atoms with E-state index in [1.807, 2.05) is 0 Å². The second-order valence-electron chi connectivity index (χ2n) is 21.0. The van der Waals surface area contributed by atoms with Gasteiger partial charge in [0, 0.05) is 12.8 Å². The average molecular weight is 947 g/mol. The van der Waals surface area contributed by atoms with Crippen molar-refractivity contribution >= 4 is 11.9 Å². The smallest absolute Gasteiger partial charge is 0.305 e. The fourth-order valence-electron chi connectivity index (χ4n) is 9.64. The molecule has 0 aliphatic carbocycles. The van der Waals surface area contributed by atoms with Gasteiger partial charge in [-0.25, -0.2) is 0 Å². The van der Waals surface area contributed by atoms with Gasteiger partial charge in [-0.1, -0.05) is 289 Å². The highest BCUT2D eigenvalue weighted by molar-refractivity contribution is 5.76. The predicted octanol–water partition coefficient (Wildman–Crippen LogP) is 18.9. The van der Waals surface area contributed by atoms with Gasteiger partial charge < -0.3 is 20.3 Å². The maximum absolute atomic E-state index is 12.5. The van der Waals surface area contributed by atoms with E-state index in [-0.39, 0.29) is 18.5 Å². The SMILES string of the molecule is CCCCCCCCCCCCCCCCCCCCCCCCC(O)C(CO)NC(=O)CCCCCCCCC/C=C\CCCCCCCCOC(=O)CCCCCCCCCCCCC. The minimum absolute atomic E-state index is 0.00122. The van der Waals surface area contributed by atoms with E-state index in [2.05, 4.69) is 31.3 Å². The number of aliphatic hydroxyl groups is 2. The van der Waals surface area contributed by atoms with E-state index in [1.165, 1.54) is 257 Å². The van der Waals surface area contributed by atoms with Crippen LogP contribution in [0.4, 0.5) is 0 Å². The Morgan fingerprint density at radius 3 is 1.06 bits per heavy atom. The Balaban J connectivity index is 3.45. The summed E-state index contributed by atoms with van der Waals surface area (Å²) in [5, 5.41) is 23.4. The molecule has 6 heteroatoms. The van der Waals surface area contributed by atoms with Crippen LogP contribution in [0.3, 0.4) is 0 Å². The summed E-state index contributed by atoms with van der Waals surface area (Å²) in [6.07, 6.45) is 67.8. The number of allylic oxidation sites excluding steroid dienone is 2. The molecular weight excluding hydrogens is 827 g/mol. The summed E-state index contributed by atoms with van der Waals surface area (Å²) in [4.78, 5) is 24.5.